The van der Waals surface area contributed by atoms with Crippen LogP contribution in [-0.2, 0) is 16.6 Å². The van der Waals surface area contributed by atoms with Crippen molar-refractivity contribution in [3.8, 4) is 11.5 Å². The maximum absolute atomic E-state index is 13.7. The Kier molecular flexibility index (Phi) is 7.66. The lowest BCUT2D eigenvalue weighted by Crippen LogP contribution is -2.47. The van der Waals surface area contributed by atoms with Gasteiger partial charge in [0.15, 0.2) is 0 Å². The van der Waals surface area contributed by atoms with Gasteiger partial charge in [0.1, 0.15) is 11.5 Å². The molecule has 3 aromatic rings. The maximum Gasteiger partial charge on any atom is 0.264 e. The zero-order chi connectivity index (χ0) is 24.1. The first-order valence-corrected chi connectivity index (χ1v) is 13.0. The Morgan fingerprint density at radius 2 is 1.50 bits per heavy atom. The summed E-state index contributed by atoms with van der Waals surface area (Å²) in [7, 11) is -0.457. The number of methoxy groups -OCH3 is 2. The number of hydrogen-bond donors (Lipinski definition) is 0. The van der Waals surface area contributed by atoms with E-state index in [1.54, 1.807) is 42.8 Å². The number of piperidine rings is 1. The molecule has 1 aliphatic rings. The Labute approximate surface area is 206 Å². The van der Waals surface area contributed by atoms with Crippen molar-refractivity contribution < 1.29 is 17.9 Å². The number of nitrogens with zero attached hydrogens (tertiary/aromatic N) is 2. The fourth-order valence-electron chi connectivity index (χ4n) is 4.37. The van der Waals surface area contributed by atoms with Crippen LogP contribution in [0.1, 0.15) is 18.4 Å². The Bertz CT molecular complexity index is 1170. The number of para-hydroxylation sites is 1. The maximum atomic E-state index is 13.7. The summed E-state index contributed by atoms with van der Waals surface area (Å²) in [5, 5.41) is 0.507. The second-order valence-corrected chi connectivity index (χ2v) is 10.6. The summed E-state index contributed by atoms with van der Waals surface area (Å²) in [6.07, 6.45) is 1.45. The zero-order valence-electron chi connectivity index (χ0n) is 19.4. The van der Waals surface area contributed by atoms with E-state index in [-0.39, 0.29) is 10.9 Å². The van der Waals surface area contributed by atoms with Crippen molar-refractivity contribution in [1.29, 1.82) is 0 Å². The van der Waals surface area contributed by atoms with Crippen molar-refractivity contribution in [2.75, 3.05) is 31.6 Å². The summed E-state index contributed by atoms with van der Waals surface area (Å²) in [4.78, 5) is 2.58. The number of ether oxygens (including phenoxy) is 2. The Morgan fingerprint density at radius 3 is 2.06 bits per heavy atom. The lowest BCUT2D eigenvalue weighted by atomic mass is 10.0. The Morgan fingerprint density at radius 1 is 0.912 bits per heavy atom. The number of rotatable bonds is 8. The van der Waals surface area contributed by atoms with Gasteiger partial charge in [0, 0.05) is 36.8 Å². The van der Waals surface area contributed by atoms with E-state index in [9.17, 15) is 8.42 Å². The number of likely N-dealkylation sites (tertiary alicyclic amines) is 1. The molecule has 1 saturated heterocycles. The fourth-order valence-corrected chi connectivity index (χ4v) is 6.20. The highest BCUT2D eigenvalue weighted by molar-refractivity contribution is 7.92. The molecule has 1 heterocycles. The van der Waals surface area contributed by atoms with E-state index in [1.165, 1.54) is 0 Å². The van der Waals surface area contributed by atoms with Crippen LogP contribution < -0.4 is 13.8 Å². The zero-order valence-corrected chi connectivity index (χ0v) is 20.9. The van der Waals surface area contributed by atoms with Crippen LogP contribution in [0.25, 0.3) is 0 Å². The van der Waals surface area contributed by atoms with Crippen molar-refractivity contribution in [3.63, 3.8) is 0 Å². The van der Waals surface area contributed by atoms with Crippen LogP contribution in [0.4, 0.5) is 5.69 Å². The first-order chi connectivity index (χ1) is 16.4. The average Bonchev–Trinajstić information content (AvgIpc) is 2.86. The molecule has 180 valence electrons. The summed E-state index contributed by atoms with van der Waals surface area (Å²) in [5.41, 5.74) is 1.77. The second kappa shape index (κ2) is 10.7. The smallest absolute Gasteiger partial charge is 0.264 e. The SMILES string of the molecule is COc1cc(CN2CCC(N(c3ccccc3)S(=O)(=O)c3ccc(Cl)cc3)CC2)cc(OC)c1. The molecule has 0 aliphatic carbocycles. The minimum atomic E-state index is -3.74. The molecule has 1 aliphatic heterocycles. The monoisotopic (exact) mass is 500 g/mol. The third-order valence-electron chi connectivity index (χ3n) is 6.09. The van der Waals surface area contributed by atoms with E-state index in [4.69, 9.17) is 21.1 Å². The van der Waals surface area contributed by atoms with Crippen LogP contribution in [0.15, 0.2) is 77.7 Å². The normalized spacial score (nSPS) is 15.1. The largest absolute Gasteiger partial charge is 0.497 e. The third kappa shape index (κ3) is 5.49. The molecule has 0 radical (unpaired) electrons. The van der Waals surface area contributed by atoms with Gasteiger partial charge < -0.3 is 9.47 Å². The van der Waals surface area contributed by atoms with Crippen molar-refractivity contribution in [3.05, 3.63) is 83.4 Å². The molecular formula is C26H29ClN2O4S. The van der Waals surface area contributed by atoms with Crippen molar-refractivity contribution >= 4 is 27.3 Å². The number of halogens is 1. The van der Waals surface area contributed by atoms with E-state index in [0.717, 1.165) is 49.5 Å². The third-order valence-corrected chi connectivity index (χ3v) is 8.23. The van der Waals surface area contributed by atoms with E-state index in [0.29, 0.717) is 10.7 Å². The molecular weight excluding hydrogens is 472 g/mol. The molecule has 0 N–H and O–H groups in total. The fraction of sp³-hybridized carbons (Fsp3) is 0.308. The van der Waals surface area contributed by atoms with Gasteiger partial charge in [-0.3, -0.25) is 9.21 Å². The lowest BCUT2D eigenvalue weighted by Gasteiger charge is -2.39. The highest BCUT2D eigenvalue weighted by Gasteiger charge is 2.34. The Balaban J connectivity index is 1.53. The van der Waals surface area contributed by atoms with Crippen LogP contribution in [-0.4, -0.2) is 46.7 Å². The standard InChI is InChI=1S/C26H29ClN2O4S/c1-32-24-16-20(17-25(18-24)33-2)19-28-14-12-23(13-15-28)29(22-6-4-3-5-7-22)34(30,31)26-10-8-21(27)9-11-26/h3-11,16-18,23H,12-15,19H2,1-2H3. The van der Waals surface area contributed by atoms with E-state index < -0.39 is 10.0 Å². The quantitative estimate of drug-likeness (QED) is 0.424. The molecule has 1 fully saturated rings. The summed E-state index contributed by atoms with van der Waals surface area (Å²) in [6, 6.07) is 21.4. The van der Waals surface area contributed by atoms with Crippen LogP contribution >= 0.6 is 11.6 Å². The molecule has 0 saturated carbocycles. The van der Waals surface area contributed by atoms with Crippen molar-refractivity contribution in [2.24, 2.45) is 0 Å². The van der Waals surface area contributed by atoms with Gasteiger partial charge in [-0.25, -0.2) is 8.42 Å². The molecule has 3 aromatic carbocycles. The predicted molar refractivity (Wildman–Crippen MR) is 135 cm³/mol. The van der Waals surface area contributed by atoms with Crippen LogP contribution in [0.2, 0.25) is 5.02 Å². The van der Waals surface area contributed by atoms with Gasteiger partial charge in [0.25, 0.3) is 10.0 Å². The van der Waals surface area contributed by atoms with Gasteiger partial charge >= 0.3 is 0 Å². The van der Waals surface area contributed by atoms with Crippen LogP contribution in [0, 0.1) is 0 Å². The molecule has 0 amide bonds. The van der Waals surface area contributed by atoms with Gasteiger partial charge in [-0.05, 0) is 66.9 Å². The Hall–Kier alpha value is -2.74. The predicted octanol–water partition coefficient (Wildman–Crippen LogP) is 5.22. The molecule has 0 aromatic heterocycles. The summed E-state index contributed by atoms with van der Waals surface area (Å²) in [5.74, 6) is 1.52. The molecule has 0 atom stereocenters. The minimum Gasteiger partial charge on any atom is -0.497 e. The number of sulfonamides is 1. The van der Waals surface area contributed by atoms with E-state index in [1.807, 2.05) is 48.5 Å². The minimum absolute atomic E-state index is 0.140. The van der Waals surface area contributed by atoms with Crippen molar-refractivity contribution in [1.82, 2.24) is 4.90 Å². The van der Waals surface area contributed by atoms with Gasteiger partial charge in [0.2, 0.25) is 0 Å². The van der Waals surface area contributed by atoms with Gasteiger partial charge in [-0.2, -0.15) is 0 Å². The topological polar surface area (TPSA) is 59.1 Å². The molecule has 8 heteroatoms. The van der Waals surface area contributed by atoms with Gasteiger partial charge in [-0.15, -0.1) is 0 Å². The van der Waals surface area contributed by atoms with Crippen LogP contribution in [0.3, 0.4) is 0 Å². The van der Waals surface area contributed by atoms with Crippen molar-refractivity contribution in [2.45, 2.75) is 30.3 Å². The number of benzene rings is 3. The molecule has 0 spiro atoms. The molecule has 6 nitrogen and oxygen atoms in total. The summed E-state index contributed by atoms with van der Waals surface area (Å²) < 4.78 is 39.8. The van der Waals surface area contributed by atoms with E-state index >= 15 is 0 Å². The molecule has 0 bridgehead atoms. The first-order valence-electron chi connectivity index (χ1n) is 11.2. The van der Waals surface area contributed by atoms with E-state index in [2.05, 4.69) is 4.90 Å². The number of anilines is 1. The highest BCUT2D eigenvalue weighted by atomic mass is 35.5. The number of hydrogen-bond acceptors (Lipinski definition) is 5. The van der Waals surface area contributed by atoms with Gasteiger partial charge in [-0.1, -0.05) is 29.8 Å². The van der Waals surface area contributed by atoms with Crippen LogP contribution in [0.5, 0.6) is 11.5 Å². The summed E-state index contributed by atoms with van der Waals surface area (Å²) >= 11 is 6.00. The molecule has 4 rings (SSSR count). The average molecular weight is 501 g/mol. The summed E-state index contributed by atoms with van der Waals surface area (Å²) in [6.45, 7) is 2.31. The molecule has 34 heavy (non-hydrogen) atoms. The van der Waals surface area contributed by atoms with Gasteiger partial charge in [0.05, 0.1) is 24.8 Å². The lowest BCUT2D eigenvalue weighted by molar-refractivity contribution is 0.206. The second-order valence-electron chi connectivity index (χ2n) is 8.32. The molecule has 0 unspecified atom stereocenters. The first kappa shape index (κ1) is 24.4. The highest BCUT2D eigenvalue weighted by Crippen LogP contribution is 2.31.